The van der Waals surface area contributed by atoms with Crippen molar-refractivity contribution in [3.05, 3.63) is 0 Å². The van der Waals surface area contributed by atoms with Gasteiger partial charge in [0.05, 0.1) is 0 Å². The molecule has 0 bridgehead atoms. The van der Waals surface area contributed by atoms with Crippen LogP contribution in [0.15, 0.2) is 0 Å². The van der Waals surface area contributed by atoms with Gasteiger partial charge >= 0.3 is 12.1 Å². The Kier molecular flexibility index (Phi) is 5.92. The van der Waals surface area contributed by atoms with Gasteiger partial charge in [0.1, 0.15) is 13.5 Å². The van der Waals surface area contributed by atoms with E-state index in [4.69, 9.17) is 9.47 Å². The molecule has 2 N–H and O–H groups in total. The third kappa shape index (κ3) is 2.71. The van der Waals surface area contributed by atoms with Crippen LogP contribution in [0.5, 0.6) is 0 Å². The molecule has 0 aromatic heterocycles. The van der Waals surface area contributed by atoms with E-state index in [1.54, 1.807) is 24.0 Å². The largest absolute Gasteiger partial charge is 0.364 e. The molecule has 2 fully saturated rings. The average Bonchev–Trinajstić information content (AvgIpc) is 2.93. The molecule has 24 heavy (non-hydrogen) atoms. The van der Waals surface area contributed by atoms with Gasteiger partial charge in [0.15, 0.2) is 11.3 Å². The van der Waals surface area contributed by atoms with E-state index in [9.17, 15) is 9.59 Å². The Balaban J connectivity index is 2.52. The summed E-state index contributed by atoms with van der Waals surface area (Å²) in [5, 5.41) is 6.09. The molecule has 2 saturated heterocycles. The molecule has 2 rings (SSSR count). The first-order valence-corrected chi connectivity index (χ1v) is 8.70. The molecular formula is C16H30N4O4. The molecule has 2 atom stereocenters. The van der Waals surface area contributed by atoms with Crippen molar-refractivity contribution in [3.63, 3.8) is 0 Å². The van der Waals surface area contributed by atoms with Crippen LogP contribution < -0.4 is 10.6 Å². The monoisotopic (exact) mass is 342 g/mol. The first kappa shape index (κ1) is 18.8. The van der Waals surface area contributed by atoms with Crippen molar-refractivity contribution in [2.75, 3.05) is 27.7 Å². The van der Waals surface area contributed by atoms with E-state index in [1.165, 1.54) is 0 Å². The van der Waals surface area contributed by atoms with Crippen molar-refractivity contribution in [1.29, 1.82) is 0 Å². The fourth-order valence-corrected chi connectivity index (χ4v) is 3.93. The van der Waals surface area contributed by atoms with Gasteiger partial charge in [-0.05, 0) is 25.7 Å². The third-order valence-corrected chi connectivity index (χ3v) is 5.01. The Morgan fingerprint density at radius 3 is 1.62 bits per heavy atom. The summed E-state index contributed by atoms with van der Waals surface area (Å²) in [6, 6.07) is -0.435. The Morgan fingerprint density at radius 2 is 1.29 bits per heavy atom. The number of carbonyl (C=O) groups excluding carboxylic acids is 2. The molecule has 0 aliphatic carbocycles. The lowest BCUT2D eigenvalue weighted by atomic mass is 9.85. The molecule has 8 nitrogen and oxygen atoms in total. The molecule has 2 aliphatic heterocycles. The van der Waals surface area contributed by atoms with Crippen molar-refractivity contribution < 1.29 is 19.1 Å². The van der Waals surface area contributed by atoms with Gasteiger partial charge in [-0.2, -0.15) is 0 Å². The molecule has 8 heteroatoms. The number of ether oxygens (including phenoxy) is 2. The molecule has 2 aliphatic rings. The van der Waals surface area contributed by atoms with Crippen LogP contribution in [0.25, 0.3) is 0 Å². The van der Waals surface area contributed by atoms with E-state index >= 15 is 0 Å². The SMILES string of the molecule is CCCCC12NC(=O)NC1(CCCC)N(COC)C(=O)N2COC. The van der Waals surface area contributed by atoms with E-state index in [0.717, 1.165) is 25.7 Å². The number of carbonyl (C=O) groups is 2. The Morgan fingerprint density at radius 1 is 0.875 bits per heavy atom. The van der Waals surface area contributed by atoms with E-state index < -0.39 is 11.3 Å². The number of methoxy groups -OCH3 is 2. The van der Waals surface area contributed by atoms with Gasteiger partial charge < -0.3 is 20.1 Å². The number of amides is 4. The number of nitrogens with zero attached hydrogens (tertiary/aromatic N) is 2. The molecule has 0 aromatic rings. The molecule has 0 aromatic carbocycles. The number of urea groups is 2. The predicted molar refractivity (Wildman–Crippen MR) is 89.0 cm³/mol. The lowest BCUT2D eigenvalue weighted by Gasteiger charge is -2.44. The highest BCUT2D eigenvalue weighted by Gasteiger charge is 2.71. The number of hydrogen-bond donors (Lipinski definition) is 2. The van der Waals surface area contributed by atoms with Gasteiger partial charge in [-0.3, -0.25) is 9.80 Å². The molecule has 0 saturated carbocycles. The normalized spacial score (nSPS) is 29.0. The third-order valence-electron chi connectivity index (χ3n) is 5.01. The Hall–Kier alpha value is -1.54. The Bertz CT molecular complexity index is 437. The van der Waals surface area contributed by atoms with Crippen molar-refractivity contribution >= 4 is 12.1 Å². The number of rotatable bonds is 10. The lowest BCUT2D eigenvalue weighted by Crippen LogP contribution is -2.67. The quantitative estimate of drug-likeness (QED) is 0.636. The van der Waals surface area contributed by atoms with Crippen LogP contribution in [0, 0.1) is 0 Å². The van der Waals surface area contributed by atoms with Crippen molar-refractivity contribution in [3.8, 4) is 0 Å². The predicted octanol–water partition coefficient (Wildman–Crippen LogP) is 2.02. The first-order valence-electron chi connectivity index (χ1n) is 8.70. The van der Waals surface area contributed by atoms with E-state index in [-0.39, 0.29) is 25.5 Å². The molecule has 2 unspecified atom stereocenters. The van der Waals surface area contributed by atoms with Crippen LogP contribution in [0.1, 0.15) is 52.4 Å². The maximum Gasteiger partial charge on any atom is 0.327 e. The van der Waals surface area contributed by atoms with Crippen LogP contribution in [0.4, 0.5) is 9.59 Å². The highest BCUT2D eigenvalue weighted by molar-refractivity contribution is 5.88. The van der Waals surface area contributed by atoms with Crippen molar-refractivity contribution in [1.82, 2.24) is 20.4 Å². The van der Waals surface area contributed by atoms with Crippen LogP contribution in [-0.2, 0) is 9.47 Å². The summed E-state index contributed by atoms with van der Waals surface area (Å²) in [5.41, 5.74) is -1.64. The summed E-state index contributed by atoms with van der Waals surface area (Å²) >= 11 is 0. The van der Waals surface area contributed by atoms with Gasteiger partial charge in [0, 0.05) is 14.2 Å². The number of hydrogen-bond acceptors (Lipinski definition) is 4. The standard InChI is InChI=1S/C16H30N4O4/c1-5-7-9-15-16(10-8-6-2,18-13(21)17-15)20(12-24-4)14(22)19(15)11-23-3/h5-12H2,1-4H3,(H2,17,18,21). The average molecular weight is 342 g/mol. The van der Waals surface area contributed by atoms with Gasteiger partial charge in [-0.15, -0.1) is 0 Å². The van der Waals surface area contributed by atoms with Gasteiger partial charge in [-0.1, -0.05) is 26.7 Å². The first-order chi connectivity index (χ1) is 11.5. The molecule has 0 radical (unpaired) electrons. The van der Waals surface area contributed by atoms with E-state index in [2.05, 4.69) is 24.5 Å². The second kappa shape index (κ2) is 7.57. The van der Waals surface area contributed by atoms with Crippen LogP contribution in [-0.4, -0.2) is 60.9 Å². The maximum atomic E-state index is 13.0. The zero-order chi connectivity index (χ0) is 17.8. The van der Waals surface area contributed by atoms with Crippen LogP contribution in [0.2, 0.25) is 0 Å². The minimum absolute atomic E-state index is 0.124. The van der Waals surface area contributed by atoms with Crippen molar-refractivity contribution in [2.45, 2.75) is 63.7 Å². The zero-order valence-electron chi connectivity index (χ0n) is 15.2. The maximum absolute atomic E-state index is 13.0. The van der Waals surface area contributed by atoms with E-state index in [0.29, 0.717) is 12.8 Å². The summed E-state index contributed by atoms with van der Waals surface area (Å²) < 4.78 is 10.6. The number of fused-ring (bicyclic) bond motifs is 1. The summed E-state index contributed by atoms with van der Waals surface area (Å²) in [6.07, 6.45) is 5.07. The second-order valence-electron chi connectivity index (χ2n) is 6.48. The smallest absolute Gasteiger partial charge is 0.327 e. The zero-order valence-corrected chi connectivity index (χ0v) is 15.2. The summed E-state index contributed by atoms with van der Waals surface area (Å²) in [6.45, 7) is 4.44. The summed E-state index contributed by atoms with van der Waals surface area (Å²) in [5.74, 6) is 0. The summed E-state index contributed by atoms with van der Waals surface area (Å²) in [4.78, 5) is 28.6. The van der Waals surface area contributed by atoms with Gasteiger partial charge in [0.25, 0.3) is 0 Å². The fourth-order valence-electron chi connectivity index (χ4n) is 3.93. The topological polar surface area (TPSA) is 83.1 Å². The Labute approximate surface area is 143 Å². The molecular weight excluding hydrogens is 312 g/mol. The minimum Gasteiger partial charge on any atom is -0.364 e. The lowest BCUT2D eigenvalue weighted by molar-refractivity contribution is -0.0369. The van der Waals surface area contributed by atoms with Crippen LogP contribution in [0.3, 0.4) is 0 Å². The van der Waals surface area contributed by atoms with Gasteiger partial charge in [-0.25, -0.2) is 9.59 Å². The van der Waals surface area contributed by atoms with E-state index in [1.807, 2.05) is 0 Å². The molecule has 2 heterocycles. The molecule has 138 valence electrons. The second-order valence-corrected chi connectivity index (χ2v) is 6.48. The molecule has 0 spiro atoms. The highest BCUT2D eigenvalue weighted by atomic mass is 16.5. The van der Waals surface area contributed by atoms with Crippen molar-refractivity contribution in [2.24, 2.45) is 0 Å². The number of nitrogens with one attached hydrogen (secondary N) is 2. The minimum atomic E-state index is -0.819. The fraction of sp³-hybridized carbons (Fsp3) is 0.875. The van der Waals surface area contributed by atoms with Crippen LogP contribution >= 0.6 is 0 Å². The molecule has 4 amide bonds. The summed E-state index contributed by atoms with van der Waals surface area (Å²) in [7, 11) is 3.11. The number of unbranched alkanes of at least 4 members (excludes halogenated alkanes) is 2. The highest BCUT2D eigenvalue weighted by Crippen LogP contribution is 2.47. The van der Waals surface area contributed by atoms with Gasteiger partial charge in [0.2, 0.25) is 0 Å².